The molecule has 2 heterocycles. The molecule has 0 saturated carbocycles. The van der Waals surface area contributed by atoms with Gasteiger partial charge in [0.1, 0.15) is 11.8 Å². The fourth-order valence-electron chi connectivity index (χ4n) is 2.99. The van der Waals surface area contributed by atoms with E-state index >= 15 is 0 Å². The van der Waals surface area contributed by atoms with Crippen molar-refractivity contribution in [1.82, 2.24) is 9.80 Å². The van der Waals surface area contributed by atoms with Crippen molar-refractivity contribution < 1.29 is 14.3 Å². The third-order valence-corrected chi connectivity index (χ3v) is 5.15. The van der Waals surface area contributed by atoms with Gasteiger partial charge in [0.15, 0.2) is 0 Å². The first-order valence-corrected chi connectivity index (χ1v) is 8.68. The van der Waals surface area contributed by atoms with Crippen molar-refractivity contribution in [2.75, 3.05) is 31.8 Å². The van der Waals surface area contributed by atoms with Gasteiger partial charge in [-0.25, -0.2) is 0 Å². The van der Waals surface area contributed by atoms with E-state index in [0.717, 1.165) is 31.0 Å². The smallest absolute Gasteiger partial charge is 0.254 e. The first-order valence-electron chi connectivity index (χ1n) is 7.52. The number of ether oxygens (including phenoxy) is 1. The molecule has 0 N–H and O–H groups in total. The van der Waals surface area contributed by atoms with Gasteiger partial charge < -0.3 is 14.5 Å². The predicted molar refractivity (Wildman–Crippen MR) is 86.1 cm³/mol. The van der Waals surface area contributed by atoms with Crippen LogP contribution in [-0.2, 0) is 4.79 Å². The van der Waals surface area contributed by atoms with E-state index in [4.69, 9.17) is 4.74 Å². The lowest BCUT2D eigenvalue weighted by atomic mass is 10.1. The standard InChI is InChI=1S/C16H20N2O3S/c1-21-13-5-2-4-12(10-13)15(19)18-7-3-6-14(18)16(20)17-8-9-22-11-17/h2,4-5,10,14H,3,6-9,11H2,1H3/t14-/m0/s1. The lowest BCUT2D eigenvalue weighted by molar-refractivity contribution is -0.133. The van der Waals surface area contributed by atoms with Gasteiger partial charge in [0.05, 0.1) is 13.0 Å². The van der Waals surface area contributed by atoms with Crippen LogP contribution in [0.5, 0.6) is 5.75 Å². The summed E-state index contributed by atoms with van der Waals surface area (Å²) in [7, 11) is 1.58. The Balaban J connectivity index is 1.76. The van der Waals surface area contributed by atoms with Crippen molar-refractivity contribution in [3.05, 3.63) is 29.8 Å². The van der Waals surface area contributed by atoms with E-state index in [1.807, 2.05) is 11.0 Å². The van der Waals surface area contributed by atoms with Crippen LogP contribution in [-0.4, -0.2) is 59.5 Å². The van der Waals surface area contributed by atoms with E-state index in [9.17, 15) is 9.59 Å². The summed E-state index contributed by atoms with van der Waals surface area (Å²) in [4.78, 5) is 28.9. The summed E-state index contributed by atoms with van der Waals surface area (Å²) in [6.07, 6.45) is 1.64. The van der Waals surface area contributed by atoms with Crippen LogP contribution in [0.1, 0.15) is 23.2 Å². The van der Waals surface area contributed by atoms with Gasteiger partial charge in [-0.15, -0.1) is 11.8 Å². The van der Waals surface area contributed by atoms with E-state index in [1.54, 1.807) is 42.0 Å². The van der Waals surface area contributed by atoms with Crippen molar-refractivity contribution in [2.45, 2.75) is 18.9 Å². The van der Waals surface area contributed by atoms with Crippen LogP contribution < -0.4 is 4.74 Å². The molecule has 0 aromatic heterocycles. The van der Waals surface area contributed by atoms with Crippen LogP contribution in [0.4, 0.5) is 0 Å². The second-order valence-electron chi connectivity index (χ2n) is 5.53. The van der Waals surface area contributed by atoms with E-state index in [1.165, 1.54) is 0 Å². The maximum Gasteiger partial charge on any atom is 0.254 e. The van der Waals surface area contributed by atoms with Gasteiger partial charge in [0, 0.05) is 24.4 Å². The molecule has 2 saturated heterocycles. The number of carbonyl (C=O) groups is 2. The maximum absolute atomic E-state index is 12.7. The first kappa shape index (κ1) is 15.2. The molecule has 1 aromatic rings. The summed E-state index contributed by atoms with van der Waals surface area (Å²) in [6.45, 7) is 1.44. The summed E-state index contributed by atoms with van der Waals surface area (Å²) in [5.74, 6) is 2.41. The topological polar surface area (TPSA) is 49.9 Å². The number of likely N-dealkylation sites (tertiary alicyclic amines) is 1. The van der Waals surface area contributed by atoms with Gasteiger partial charge in [-0.3, -0.25) is 9.59 Å². The SMILES string of the molecule is COc1cccc(C(=O)N2CCC[C@H]2C(=O)N2CCSC2)c1. The van der Waals surface area contributed by atoms with Crippen LogP contribution >= 0.6 is 11.8 Å². The van der Waals surface area contributed by atoms with E-state index < -0.39 is 0 Å². The Kier molecular flexibility index (Phi) is 4.57. The van der Waals surface area contributed by atoms with Gasteiger partial charge in [-0.1, -0.05) is 6.07 Å². The third kappa shape index (κ3) is 2.92. The molecule has 5 nitrogen and oxygen atoms in total. The summed E-state index contributed by atoms with van der Waals surface area (Å²) in [5.41, 5.74) is 0.579. The minimum Gasteiger partial charge on any atom is -0.497 e. The molecular formula is C16H20N2O3S. The first-order chi connectivity index (χ1) is 10.7. The average Bonchev–Trinajstić information content (AvgIpc) is 3.24. The summed E-state index contributed by atoms with van der Waals surface area (Å²) < 4.78 is 5.17. The maximum atomic E-state index is 12.7. The molecule has 2 aliphatic rings. The molecule has 2 amide bonds. The fraction of sp³-hybridized carbons (Fsp3) is 0.500. The number of hydrogen-bond acceptors (Lipinski definition) is 4. The Morgan fingerprint density at radius 1 is 1.32 bits per heavy atom. The van der Waals surface area contributed by atoms with Crippen LogP contribution in [0.25, 0.3) is 0 Å². The highest BCUT2D eigenvalue weighted by molar-refractivity contribution is 7.99. The summed E-state index contributed by atoms with van der Waals surface area (Å²) >= 11 is 1.77. The van der Waals surface area contributed by atoms with Crippen LogP contribution in [0.3, 0.4) is 0 Å². The van der Waals surface area contributed by atoms with Crippen molar-refractivity contribution in [2.24, 2.45) is 0 Å². The van der Waals surface area contributed by atoms with Gasteiger partial charge in [0.25, 0.3) is 5.91 Å². The highest BCUT2D eigenvalue weighted by atomic mass is 32.2. The predicted octanol–water partition coefficient (Wildman–Crippen LogP) is 1.83. The van der Waals surface area contributed by atoms with Crippen molar-refractivity contribution in [3.8, 4) is 5.75 Å². The largest absolute Gasteiger partial charge is 0.497 e. The Hall–Kier alpha value is -1.69. The molecule has 3 rings (SSSR count). The highest BCUT2D eigenvalue weighted by Gasteiger charge is 2.37. The molecule has 0 unspecified atom stereocenters. The van der Waals surface area contributed by atoms with Crippen LogP contribution in [0.15, 0.2) is 24.3 Å². The zero-order chi connectivity index (χ0) is 15.5. The number of methoxy groups -OCH3 is 1. The Labute approximate surface area is 134 Å². The fourth-order valence-corrected chi connectivity index (χ4v) is 3.94. The van der Waals surface area contributed by atoms with Crippen LogP contribution in [0, 0.1) is 0 Å². The number of amides is 2. The number of rotatable bonds is 3. The Morgan fingerprint density at radius 2 is 2.18 bits per heavy atom. The monoisotopic (exact) mass is 320 g/mol. The molecule has 2 aliphatic heterocycles. The molecule has 2 fully saturated rings. The zero-order valence-corrected chi connectivity index (χ0v) is 13.5. The number of hydrogen-bond donors (Lipinski definition) is 0. The molecular weight excluding hydrogens is 300 g/mol. The lowest BCUT2D eigenvalue weighted by Gasteiger charge is -2.27. The van der Waals surface area contributed by atoms with E-state index in [2.05, 4.69) is 0 Å². The Bertz CT molecular complexity index is 572. The minimum atomic E-state index is -0.308. The van der Waals surface area contributed by atoms with Crippen molar-refractivity contribution >= 4 is 23.6 Å². The van der Waals surface area contributed by atoms with E-state index in [-0.39, 0.29) is 17.9 Å². The molecule has 6 heteroatoms. The molecule has 0 spiro atoms. The minimum absolute atomic E-state index is 0.0819. The van der Waals surface area contributed by atoms with E-state index in [0.29, 0.717) is 17.9 Å². The van der Waals surface area contributed by atoms with Crippen molar-refractivity contribution in [3.63, 3.8) is 0 Å². The highest BCUT2D eigenvalue weighted by Crippen LogP contribution is 2.25. The zero-order valence-electron chi connectivity index (χ0n) is 12.7. The molecule has 0 radical (unpaired) electrons. The normalized spacial score (nSPS) is 21.2. The second kappa shape index (κ2) is 6.60. The lowest BCUT2D eigenvalue weighted by Crippen LogP contribution is -2.47. The molecule has 0 bridgehead atoms. The summed E-state index contributed by atoms with van der Waals surface area (Å²) in [6, 6.07) is 6.81. The molecule has 0 aliphatic carbocycles. The number of benzene rings is 1. The molecule has 118 valence electrons. The quantitative estimate of drug-likeness (QED) is 0.853. The van der Waals surface area contributed by atoms with Gasteiger partial charge in [-0.05, 0) is 31.0 Å². The van der Waals surface area contributed by atoms with Gasteiger partial charge in [0.2, 0.25) is 5.91 Å². The van der Waals surface area contributed by atoms with Gasteiger partial charge >= 0.3 is 0 Å². The Morgan fingerprint density at radius 3 is 2.91 bits per heavy atom. The molecule has 22 heavy (non-hydrogen) atoms. The number of thioether (sulfide) groups is 1. The average molecular weight is 320 g/mol. The third-order valence-electron chi connectivity index (χ3n) is 4.18. The number of carbonyl (C=O) groups excluding carboxylic acids is 2. The number of nitrogens with zero attached hydrogens (tertiary/aromatic N) is 2. The summed E-state index contributed by atoms with van der Waals surface area (Å²) in [5, 5.41) is 0. The second-order valence-corrected chi connectivity index (χ2v) is 6.60. The van der Waals surface area contributed by atoms with Crippen molar-refractivity contribution in [1.29, 1.82) is 0 Å². The molecule has 1 atom stereocenters. The van der Waals surface area contributed by atoms with Crippen LogP contribution in [0.2, 0.25) is 0 Å². The van der Waals surface area contributed by atoms with Gasteiger partial charge in [-0.2, -0.15) is 0 Å². The molecule has 1 aromatic carbocycles.